The average Bonchev–Trinajstić information content (AvgIpc) is 2.59. The summed E-state index contributed by atoms with van der Waals surface area (Å²) >= 11 is 0. The monoisotopic (exact) mass is 366 g/mol. The molecule has 2 aromatic rings. The molecule has 0 atom stereocenters. The van der Waals surface area contributed by atoms with Crippen LogP contribution in [0.4, 0.5) is 4.39 Å². The van der Waals surface area contributed by atoms with Gasteiger partial charge in [0.15, 0.2) is 0 Å². The maximum Gasteiger partial charge on any atom is 0.243 e. The normalized spacial score (nSPS) is 11.3. The first-order valence-electron chi connectivity index (χ1n) is 7.56. The van der Waals surface area contributed by atoms with E-state index in [1.165, 1.54) is 37.4 Å². The first-order valence-corrected chi connectivity index (χ1v) is 9.00. The maximum absolute atomic E-state index is 13.0. The van der Waals surface area contributed by atoms with E-state index in [1.54, 1.807) is 24.3 Å². The van der Waals surface area contributed by atoms with Crippen molar-refractivity contribution in [3.05, 3.63) is 60.4 Å². The zero-order valence-electron chi connectivity index (χ0n) is 13.7. The second kappa shape index (κ2) is 8.59. The number of halogens is 1. The lowest BCUT2D eigenvalue weighted by atomic mass is 10.3. The first-order chi connectivity index (χ1) is 11.9. The van der Waals surface area contributed by atoms with Crippen LogP contribution < -0.4 is 10.1 Å². The van der Waals surface area contributed by atoms with Crippen LogP contribution in [-0.4, -0.2) is 45.4 Å². The quantitative estimate of drug-likeness (QED) is 0.721. The highest BCUT2D eigenvalue weighted by Gasteiger charge is 2.22. The molecular weight excluding hydrogens is 347 g/mol. The van der Waals surface area contributed by atoms with Crippen LogP contribution in [0.2, 0.25) is 0 Å². The molecule has 134 valence electrons. The van der Waals surface area contributed by atoms with E-state index in [1.807, 2.05) is 0 Å². The highest BCUT2D eigenvalue weighted by atomic mass is 32.2. The molecule has 0 radical (unpaired) electrons. The van der Waals surface area contributed by atoms with Gasteiger partial charge in [-0.05, 0) is 24.3 Å². The van der Waals surface area contributed by atoms with Crippen molar-refractivity contribution in [2.45, 2.75) is 4.90 Å². The van der Waals surface area contributed by atoms with E-state index in [4.69, 9.17) is 4.74 Å². The lowest BCUT2D eigenvalue weighted by Gasteiger charge is -2.17. The van der Waals surface area contributed by atoms with Gasteiger partial charge in [-0.25, -0.2) is 12.8 Å². The van der Waals surface area contributed by atoms with Gasteiger partial charge in [-0.3, -0.25) is 4.79 Å². The standard InChI is InChI=1S/C17H19FN2O4S/c1-20(25(22,23)16-8-3-2-4-9-16)13-17(21)19-10-11-24-15-7-5-6-14(18)12-15/h2-9,12H,10-11,13H2,1H3,(H,19,21). The summed E-state index contributed by atoms with van der Waals surface area (Å²) in [5.41, 5.74) is 0. The number of hydrogen-bond acceptors (Lipinski definition) is 4. The Balaban J connectivity index is 1.78. The van der Waals surface area contributed by atoms with Gasteiger partial charge >= 0.3 is 0 Å². The Labute approximate surface area is 146 Å². The van der Waals surface area contributed by atoms with Crippen LogP contribution in [0.1, 0.15) is 0 Å². The minimum atomic E-state index is -3.71. The third kappa shape index (κ3) is 5.54. The molecule has 2 aromatic carbocycles. The van der Waals surface area contributed by atoms with Gasteiger partial charge in [0.2, 0.25) is 15.9 Å². The van der Waals surface area contributed by atoms with Gasteiger partial charge in [0.25, 0.3) is 0 Å². The van der Waals surface area contributed by atoms with Gasteiger partial charge in [0.1, 0.15) is 18.2 Å². The van der Waals surface area contributed by atoms with E-state index in [9.17, 15) is 17.6 Å². The van der Waals surface area contributed by atoms with Crippen molar-refractivity contribution in [2.24, 2.45) is 0 Å². The second-order valence-electron chi connectivity index (χ2n) is 5.23. The van der Waals surface area contributed by atoms with Gasteiger partial charge in [-0.15, -0.1) is 0 Å². The molecular formula is C17H19FN2O4S. The molecule has 0 bridgehead atoms. The summed E-state index contributed by atoms with van der Waals surface area (Å²) in [6, 6.07) is 13.5. The largest absolute Gasteiger partial charge is 0.492 e. The molecule has 2 rings (SSSR count). The van der Waals surface area contributed by atoms with E-state index < -0.39 is 21.7 Å². The van der Waals surface area contributed by atoms with Crippen molar-refractivity contribution in [1.29, 1.82) is 0 Å². The van der Waals surface area contributed by atoms with Crippen LogP contribution in [-0.2, 0) is 14.8 Å². The summed E-state index contributed by atoms with van der Waals surface area (Å²) in [6.45, 7) is 0.0100. The molecule has 0 aliphatic heterocycles. The van der Waals surface area contributed by atoms with Crippen molar-refractivity contribution < 1.29 is 22.3 Å². The SMILES string of the molecule is CN(CC(=O)NCCOc1cccc(F)c1)S(=O)(=O)c1ccccc1. The van der Waals surface area contributed by atoms with Gasteiger partial charge in [0, 0.05) is 13.1 Å². The number of nitrogens with zero attached hydrogens (tertiary/aromatic N) is 1. The van der Waals surface area contributed by atoms with E-state index in [2.05, 4.69) is 5.32 Å². The van der Waals surface area contributed by atoms with Crippen molar-refractivity contribution in [3.8, 4) is 5.75 Å². The number of carbonyl (C=O) groups is 1. The van der Waals surface area contributed by atoms with Gasteiger partial charge in [-0.2, -0.15) is 4.31 Å². The molecule has 1 N–H and O–H groups in total. The third-order valence-electron chi connectivity index (χ3n) is 3.31. The summed E-state index contributed by atoms with van der Waals surface area (Å²) < 4.78 is 43.9. The minimum Gasteiger partial charge on any atom is -0.492 e. The van der Waals surface area contributed by atoms with Crippen LogP contribution >= 0.6 is 0 Å². The molecule has 8 heteroatoms. The minimum absolute atomic E-state index is 0.125. The molecule has 0 aliphatic carbocycles. The predicted octanol–water partition coefficient (Wildman–Crippen LogP) is 1.64. The van der Waals surface area contributed by atoms with Crippen LogP contribution in [0, 0.1) is 5.82 Å². The van der Waals surface area contributed by atoms with Crippen LogP contribution in [0.5, 0.6) is 5.75 Å². The fourth-order valence-corrected chi connectivity index (χ4v) is 3.18. The Morgan fingerprint density at radius 3 is 2.56 bits per heavy atom. The number of likely N-dealkylation sites (N-methyl/N-ethyl adjacent to an activating group) is 1. The van der Waals surface area contributed by atoms with Gasteiger partial charge < -0.3 is 10.1 Å². The molecule has 0 saturated heterocycles. The second-order valence-corrected chi connectivity index (χ2v) is 7.27. The number of nitrogens with one attached hydrogen (secondary N) is 1. The number of carbonyl (C=O) groups excluding carboxylic acids is 1. The first kappa shape index (κ1) is 18.9. The zero-order chi connectivity index (χ0) is 18.3. The number of benzene rings is 2. The number of hydrogen-bond donors (Lipinski definition) is 1. The Hall–Kier alpha value is -2.45. The summed E-state index contributed by atoms with van der Waals surface area (Å²) in [5, 5.41) is 2.56. The Kier molecular flexibility index (Phi) is 6.49. The molecule has 0 aromatic heterocycles. The Bertz CT molecular complexity index is 812. The Morgan fingerprint density at radius 1 is 1.16 bits per heavy atom. The van der Waals surface area contributed by atoms with Crippen molar-refractivity contribution in [1.82, 2.24) is 9.62 Å². The molecule has 0 fully saturated rings. The van der Waals surface area contributed by atoms with Crippen LogP contribution in [0.25, 0.3) is 0 Å². The number of amides is 1. The maximum atomic E-state index is 13.0. The molecule has 0 spiro atoms. The average molecular weight is 366 g/mol. The molecule has 0 heterocycles. The van der Waals surface area contributed by atoms with Crippen LogP contribution in [0.3, 0.4) is 0 Å². The van der Waals surface area contributed by atoms with Gasteiger partial charge in [0.05, 0.1) is 18.0 Å². The molecule has 1 amide bonds. The fraction of sp³-hybridized carbons (Fsp3) is 0.235. The lowest BCUT2D eigenvalue weighted by molar-refractivity contribution is -0.121. The molecule has 25 heavy (non-hydrogen) atoms. The molecule has 0 aliphatic rings. The van der Waals surface area contributed by atoms with Crippen molar-refractivity contribution >= 4 is 15.9 Å². The number of rotatable bonds is 8. The summed E-state index contributed by atoms with van der Waals surface area (Å²) in [4.78, 5) is 12.0. The van der Waals surface area contributed by atoms with E-state index in [0.717, 1.165) is 4.31 Å². The number of ether oxygens (including phenoxy) is 1. The zero-order valence-corrected chi connectivity index (χ0v) is 14.5. The van der Waals surface area contributed by atoms with Crippen molar-refractivity contribution in [2.75, 3.05) is 26.7 Å². The van der Waals surface area contributed by atoms with E-state index >= 15 is 0 Å². The predicted molar refractivity (Wildman–Crippen MR) is 91.2 cm³/mol. The highest BCUT2D eigenvalue weighted by molar-refractivity contribution is 7.89. The fourth-order valence-electron chi connectivity index (χ4n) is 2.03. The third-order valence-corrected chi connectivity index (χ3v) is 5.12. The number of sulfonamides is 1. The summed E-state index contributed by atoms with van der Waals surface area (Å²) in [5.74, 6) is -0.503. The molecule has 6 nitrogen and oxygen atoms in total. The van der Waals surface area contributed by atoms with E-state index in [0.29, 0.717) is 5.75 Å². The topological polar surface area (TPSA) is 75.7 Å². The summed E-state index contributed by atoms with van der Waals surface area (Å²) in [6.07, 6.45) is 0. The van der Waals surface area contributed by atoms with Crippen LogP contribution in [0.15, 0.2) is 59.5 Å². The van der Waals surface area contributed by atoms with Gasteiger partial charge in [-0.1, -0.05) is 24.3 Å². The molecule has 0 saturated carbocycles. The van der Waals surface area contributed by atoms with E-state index in [-0.39, 0.29) is 24.6 Å². The smallest absolute Gasteiger partial charge is 0.243 e. The highest BCUT2D eigenvalue weighted by Crippen LogP contribution is 2.13. The lowest BCUT2D eigenvalue weighted by Crippen LogP contribution is -2.39. The van der Waals surface area contributed by atoms with Crippen molar-refractivity contribution in [3.63, 3.8) is 0 Å². The Morgan fingerprint density at radius 2 is 1.88 bits per heavy atom. The summed E-state index contributed by atoms with van der Waals surface area (Å²) in [7, 11) is -2.37. The molecule has 0 unspecified atom stereocenters.